The van der Waals surface area contributed by atoms with Crippen LogP contribution in [0.1, 0.15) is 54.0 Å². The van der Waals surface area contributed by atoms with Crippen molar-refractivity contribution in [1.29, 1.82) is 0 Å². The van der Waals surface area contributed by atoms with Gasteiger partial charge in [-0.2, -0.15) is 0 Å². The lowest BCUT2D eigenvalue weighted by molar-refractivity contribution is -0.0893. The predicted octanol–water partition coefficient (Wildman–Crippen LogP) is 2.79. The van der Waals surface area contributed by atoms with Crippen molar-refractivity contribution in [3.8, 4) is 0 Å². The van der Waals surface area contributed by atoms with Gasteiger partial charge < -0.3 is 9.76 Å². The molecule has 0 aliphatic rings. The Morgan fingerprint density at radius 3 is 2.05 bits per heavy atom. The Hall–Kier alpha value is -0.795. The van der Waals surface area contributed by atoms with Crippen LogP contribution in [0.2, 0.25) is 0 Å². The average molecular weight is 261 g/mol. The summed E-state index contributed by atoms with van der Waals surface area (Å²) in [7, 11) is 1.73. The van der Waals surface area contributed by atoms with E-state index in [1.165, 1.54) is 5.56 Å². The van der Waals surface area contributed by atoms with Crippen LogP contribution in [-0.2, 0) is 10.1 Å². The molecule has 0 aliphatic carbocycles. The predicted molar refractivity (Wildman–Crippen MR) is 82.0 cm³/mol. The van der Waals surface area contributed by atoms with E-state index in [1.54, 1.807) is 21.3 Å². The molecule has 0 aliphatic heterocycles. The van der Waals surface area contributed by atoms with E-state index in [0.717, 1.165) is 5.46 Å². The molecular weight excluding hydrogens is 235 g/mol. The minimum absolute atomic E-state index is 0.121. The van der Waals surface area contributed by atoms with Crippen molar-refractivity contribution in [2.24, 2.45) is 0 Å². The third-order valence-corrected chi connectivity index (χ3v) is 3.72. The third kappa shape index (κ3) is 4.36. The summed E-state index contributed by atoms with van der Waals surface area (Å²) in [6.07, 6.45) is 0. The van der Waals surface area contributed by atoms with Gasteiger partial charge in [-0.3, -0.25) is 0 Å². The van der Waals surface area contributed by atoms with Gasteiger partial charge in [0, 0.05) is 0 Å². The lowest BCUT2D eigenvalue weighted by atomic mass is 9.79. The minimum atomic E-state index is -0.898. The SMILES string of the molecule is CC(C)(C)c1cccc([B]OC(C)(C)C(C)(C)O)c1. The fraction of sp³-hybridized carbons (Fsp3) is 0.625. The highest BCUT2D eigenvalue weighted by atomic mass is 16.5. The Morgan fingerprint density at radius 1 is 1.00 bits per heavy atom. The standard InChI is InChI=1S/C16H26BO2/c1-14(2,3)12-9-8-10-13(11-12)17-19-16(6,7)15(4,5)18/h8-11,18H,1-7H3. The van der Waals surface area contributed by atoms with E-state index in [4.69, 9.17) is 4.65 Å². The van der Waals surface area contributed by atoms with Gasteiger partial charge >= 0.3 is 7.48 Å². The number of hydrogen-bond donors (Lipinski definition) is 1. The van der Waals surface area contributed by atoms with Gasteiger partial charge in [0.25, 0.3) is 0 Å². The first-order chi connectivity index (χ1) is 8.43. The molecule has 0 saturated heterocycles. The zero-order chi connectivity index (χ0) is 14.9. The highest BCUT2D eigenvalue weighted by molar-refractivity contribution is 6.47. The molecule has 0 heterocycles. The number of aliphatic hydroxyl groups is 1. The molecule has 0 atom stereocenters. The van der Waals surface area contributed by atoms with E-state index >= 15 is 0 Å². The molecule has 0 bridgehead atoms. The van der Waals surface area contributed by atoms with Crippen molar-refractivity contribution in [3.05, 3.63) is 29.8 Å². The van der Waals surface area contributed by atoms with Crippen LogP contribution >= 0.6 is 0 Å². The molecule has 1 N–H and O–H groups in total. The summed E-state index contributed by atoms with van der Waals surface area (Å²) in [4.78, 5) is 0. The smallest absolute Gasteiger partial charge is 0.330 e. The van der Waals surface area contributed by atoms with Crippen LogP contribution in [0.25, 0.3) is 0 Å². The van der Waals surface area contributed by atoms with Gasteiger partial charge in [0.05, 0.1) is 11.2 Å². The summed E-state index contributed by atoms with van der Waals surface area (Å²) in [5.41, 5.74) is 0.876. The molecule has 1 aromatic carbocycles. The molecule has 0 unspecified atom stereocenters. The first-order valence-electron chi connectivity index (χ1n) is 6.77. The normalized spacial score (nSPS) is 13.5. The van der Waals surface area contributed by atoms with E-state index in [2.05, 4.69) is 32.9 Å². The van der Waals surface area contributed by atoms with Crippen molar-refractivity contribution in [1.82, 2.24) is 0 Å². The summed E-state index contributed by atoms with van der Waals surface area (Å²) in [6.45, 7) is 13.8. The molecule has 0 amide bonds. The molecule has 0 saturated carbocycles. The van der Waals surface area contributed by atoms with Crippen LogP contribution < -0.4 is 5.46 Å². The van der Waals surface area contributed by atoms with Crippen molar-refractivity contribution >= 4 is 12.9 Å². The second-order valence-electron chi connectivity index (χ2n) is 7.18. The van der Waals surface area contributed by atoms with Crippen molar-refractivity contribution in [3.63, 3.8) is 0 Å². The molecule has 0 aromatic heterocycles. The van der Waals surface area contributed by atoms with E-state index in [9.17, 15) is 5.11 Å². The number of hydrogen-bond acceptors (Lipinski definition) is 2. The highest BCUT2D eigenvalue weighted by Crippen LogP contribution is 2.24. The van der Waals surface area contributed by atoms with Gasteiger partial charge in [-0.1, -0.05) is 50.5 Å². The van der Waals surface area contributed by atoms with Crippen LogP contribution in [0.5, 0.6) is 0 Å². The van der Waals surface area contributed by atoms with Gasteiger partial charge in [-0.05, 0) is 38.7 Å². The molecule has 105 valence electrons. The fourth-order valence-electron chi connectivity index (χ4n) is 1.44. The summed E-state index contributed by atoms with van der Waals surface area (Å²) in [5, 5.41) is 10.1. The third-order valence-electron chi connectivity index (χ3n) is 3.72. The van der Waals surface area contributed by atoms with Crippen LogP contribution in [-0.4, -0.2) is 23.8 Å². The molecule has 0 fully saturated rings. The number of benzene rings is 1. The Kier molecular flexibility index (Phi) is 4.53. The topological polar surface area (TPSA) is 29.5 Å². The summed E-state index contributed by atoms with van der Waals surface area (Å²) < 4.78 is 5.77. The Balaban J connectivity index is 2.80. The maximum atomic E-state index is 10.1. The zero-order valence-corrected chi connectivity index (χ0v) is 13.2. The fourth-order valence-corrected chi connectivity index (χ4v) is 1.44. The van der Waals surface area contributed by atoms with Crippen molar-refractivity contribution in [2.45, 2.75) is 65.1 Å². The summed E-state index contributed by atoms with van der Waals surface area (Å²) in [5.74, 6) is 0. The molecule has 1 aromatic rings. The number of rotatable bonds is 4. The molecule has 0 spiro atoms. The maximum absolute atomic E-state index is 10.1. The Morgan fingerprint density at radius 2 is 1.58 bits per heavy atom. The molecule has 1 rings (SSSR count). The van der Waals surface area contributed by atoms with Gasteiger partial charge in [-0.15, -0.1) is 0 Å². The lowest BCUT2D eigenvalue weighted by Crippen LogP contribution is -2.49. The first-order valence-corrected chi connectivity index (χ1v) is 6.77. The second-order valence-corrected chi connectivity index (χ2v) is 7.18. The van der Waals surface area contributed by atoms with Gasteiger partial charge in [0.2, 0.25) is 0 Å². The molecular formula is C16H26BO2. The average Bonchev–Trinajstić information content (AvgIpc) is 2.24. The second kappa shape index (κ2) is 5.30. The van der Waals surface area contributed by atoms with Gasteiger partial charge in [0.15, 0.2) is 0 Å². The monoisotopic (exact) mass is 261 g/mol. The van der Waals surface area contributed by atoms with Crippen molar-refractivity contribution < 1.29 is 9.76 Å². The quantitative estimate of drug-likeness (QED) is 0.844. The van der Waals surface area contributed by atoms with Crippen LogP contribution in [0, 0.1) is 0 Å². The van der Waals surface area contributed by atoms with E-state index < -0.39 is 11.2 Å². The molecule has 19 heavy (non-hydrogen) atoms. The largest absolute Gasteiger partial charge is 0.427 e. The van der Waals surface area contributed by atoms with E-state index in [0.29, 0.717) is 0 Å². The van der Waals surface area contributed by atoms with Gasteiger partial charge in [0.1, 0.15) is 0 Å². The van der Waals surface area contributed by atoms with Crippen LogP contribution in [0.3, 0.4) is 0 Å². The molecule has 2 nitrogen and oxygen atoms in total. The Labute approximate surface area is 118 Å². The molecule has 1 radical (unpaired) electrons. The zero-order valence-electron chi connectivity index (χ0n) is 13.2. The lowest BCUT2D eigenvalue weighted by Gasteiger charge is -2.37. The highest BCUT2D eigenvalue weighted by Gasteiger charge is 2.35. The van der Waals surface area contributed by atoms with E-state index in [1.807, 2.05) is 26.0 Å². The summed E-state index contributed by atoms with van der Waals surface area (Å²) >= 11 is 0. The van der Waals surface area contributed by atoms with Crippen LogP contribution in [0.4, 0.5) is 0 Å². The molecule has 3 heteroatoms. The summed E-state index contributed by atoms with van der Waals surface area (Å²) in [6, 6.07) is 8.29. The van der Waals surface area contributed by atoms with Crippen LogP contribution in [0.15, 0.2) is 24.3 Å². The minimum Gasteiger partial charge on any atom is -0.427 e. The first kappa shape index (κ1) is 16.3. The van der Waals surface area contributed by atoms with Crippen molar-refractivity contribution in [2.75, 3.05) is 0 Å². The van der Waals surface area contributed by atoms with Gasteiger partial charge in [-0.25, -0.2) is 0 Å². The maximum Gasteiger partial charge on any atom is 0.330 e. The Bertz CT molecular complexity index is 425. The van der Waals surface area contributed by atoms with E-state index in [-0.39, 0.29) is 5.41 Å².